The van der Waals surface area contributed by atoms with E-state index in [1.165, 1.54) is 11.3 Å². The van der Waals surface area contributed by atoms with E-state index in [1.54, 1.807) is 0 Å². The largest absolute Gasteiger partial charge is 0.461 e. The van der Waals surface area contributed by atoms with Crippen LogP contribution in [0.3, 0.4) is 0 Å². The van der Waals surface area contributed by atoms with Crippen LogP contribution in [0.15, 0.2) is 35.3 Å². The molecule has 4 heteroatoms. The van der Waals surface area contributed by atoms with Crippen molar-refractivity contribution in [3.05, 3.63) is 35.9 Å². The van der Waals surface area contributed by atoms with Crippen molar-refractivity contribution in [3.63, 3.8) is 0 Å². The van der Waals surface area contributed by atoms with Gasteiger partial charge in [0, 0.05) is 5.71 Å². The molecule has 1 aliphatic rings. The van der Waals surface area contributed by atoms with E-state index in [9.17, 15) is 0 Å². The monoisotopic (exact) mass is 329 g/mol. The van der Waals surface area contributed by atoms with Crippen LogP contribution in [0.25, 0.3) is 0 Å². The number of nitrogens with zero attached hydrogens (tertiary/aromatic N) is 1. The van der Waals surface area contributed by atoms with E-state index in [0.717, 1.165) is 25.8 Å². The fourth-order valence-electron chi connectivity index (χ4n) is 3.04. The predicted octanol–water partition coefficient (Wildman–Crippen LogP) is 5.30. The molecule has 1 fully saturated rings. The van der Waals surface area contributed by atoms with Gasteiger partial charge in [-0.05, 0) is 52.4 Å². The molecular weight excluding hydrogens is 297 g/mol. The first-order valence-electron chi connectivity index (χ1n) is 9.14. The summed E-state index contributed by atoms with van der Waals surface area (Å²) in [5, 5.41) is 0. The minimum Gasteiger partial charge on any atom is -0.403 e. The number of rotatable bonds is 7. The van der Waals surface area contributed by atoms with Gasteiger partial charge in [-0.3, -0.25) is 4.99 Å². The highest BCUT2D eigenvalue weighted by atomic mass is 16.7. The number of hydrogen-bond acceptors (Lipinski definition) is 3. The fourth-order valence-corrected chi connectivity index (χ4v) is 3.04. The summed E-state index contributed by atoms with van der Waals surface area (Å²) in [6.45, 7) is 13.6. The molecule has 3 nitrogen and oxygen atoms in total. The van der Waals surface area contributed by atoms with Crippen LogP contribution >= 0.6 is 0 Å². The van der Waals surface area contributed by atoms with Gasteiger partial charge in [-0.15, -0.1) is 0 Å². The Balaban J connectivity index is 2.01. The van der Waals surface area contributed by atoms with Crippen LogP contribution in [0.5, 0.6) is 0 Å². The lowest BCUT2D eigenvalue weighted by molar-refractivity contribution is 0.00578. The highest BCUT2D eigenvalue weighted by Gasteiger charge is 2.53. The maximum atomic E-state index is 6.27. The molecule has 1 aromatic rings. The van der Waals surface area contributed by atoms with Crippen LogP contribution in [0, 0.1) is 0 Å². The highest BCUT2D eigenvalue weighted by Crippen LogP contribution is 2.42. The summed E-state index contributed by atoms with van der Waals surface area (Å²) in [5.74, 6) is 0.357. The van der Waals surface area contributed by atoms with Crippen LogP contribution in [0.4, 0.5) is 0 Å². The summed E-state index contributed by atoms with van der Waals surface area (Å²) in [7, 11) is -0.142. The SMILES string of the molecule is CCCC(CC(C)=NCc1ccccc1)B1OC(C)(C)C(C)(C)O1. The van der Waals surface area contributed by atoms with Gasteiger partial charge in [0.25, 0.3) is 0 Å². The predicted molar refractivity (Wildman–Crippen MR) is 103 cm³/mol. The summed E-state index contributed by atoms with van der Waals surface area (Å²) < 4.78 is 12.5. The zero-order valence-electron chi connectivity index (χ0n) is 16.1. The lowest BCUT2D eigenvalue weighted by Crippen LogP contribution is -2.41. The van der Waals surface area contributed by atoms with E-state index in [-0.39, 0.29) is 18.3 Å². The second-order valence-corrected chi connectivity index (χ2v) is 7.91. The summed E-state index contributed by atoms with van der Waals surface area (Å²) >= 11 is 0. The molecule has 1 aromatic carbocycles. The molecule has 1 atom stereocenters. The molecule has 1 saturated heterocycles. The van der Waals surface area contributed by atoms with Crippen molar-refractivity contribution in [3.8, 4) is 0 Å². The molecular formula is C20H32BNO2. The Kier molecular flexibility index (Phi) is 6.27. The van der Waals surface area contributed by atoms with Crippen LogP contribution in [-0.4, -0.2) is 24.0 Å². The first-order chi connectivity index (χ1) is 11.2. The minimum absolute atomic E-state index is 0.142. The molecule has 1 aliphatic heterocycles. The Morgan fingerprint density at radius 3 is 2.21 bits per heavy atom. The van der Waals surface area contributed by atoms with E-state index in [1.807, 2.05) is 6.07 Å². The van der Waals surface area contributed by atoms with Gasteiger partial charge in [0.1, 0.15) is 0 Å². The second-order valence-electron chi connectivity index (χ2n) is 7.91. The molecule has 2 rings (SSSR count). The van der Waals surface area contributed by atoms with E-state index in [0.29, 0.717) is 5.82 Å². The molecule has 0 amide bonds. The van der Waals surface area contributed by atoms with Gasteiger partial charge >= 0.3 is 7.12 Å². The topological polar surface area (TPSA) is 30.8 Å². The summed E-state index contributed by atoms with van der Waals surface area (Å²) in [6.07, 6.45) is 3.15. The Labute approximate surface area is 148 Å². The third-order valence-corrected chi connectivity index (χ3v) is 5.25. The van der Waals surface area contributed by atoms with E-state index < -0.39 is 0 Å². The van der Waals surface area contributed by atoms with Crippen molar-refractivity contribution in [1.82, 2.24) is 0 Å². The van der Waals surface area contributed by atoms with Crippen molar-refractivity contribution in [2.24, 2.45) is 4.99 Å². The van der Waals surface area contributed by atoms with Crippen molar-refractivity contribution in [1.29, 1.82) is 0 Å². The highest BCUT2D eigenvalue weighted by molar-refractivity contribution is 6.48. The third kappa shape index (κ3) is 4.70. The van der Waals surface area contributed by atoms with Crippen molar-refractivity contribution >= 4 is 12.8 Å². The molecule has 0 aliphatic carbocycles. The van der Waals surface area contributed by atoms with E-state index in [4.69, 9.17) is 14.3 Å². The maximum absolute atomic E-state index is 6.27. The Hall–Kier alpha value is -1.13. The Morgan fingerprint density at radius 1 is 1.08 bits per heavy atom. The molecule has 1 heterocycles. The molecule has 0 bridgehead atoms. The zero-order valence-corrected chi connectivity index (χ0v) is 16.1. The van der Waals surface area contributed by atoms with Crippen LogP contribution in [0.1, 0.15) is 66.4 Å². The lowest BCUT2D eigenvalue weighted by atomic mass is 9.67. The fraction of sp³-hybridized carbons (Fsp3) is 0.650. The minimum atomic E-state index is -0.265. The van der Waals surface area contributed by atoms with Crippen LogP contribution in [-0.2, 0) is 15.9 Å². The van der Waals surface area contributed by atoms with Crippen LogP contribution < -0.4 is 0 Å². The van der Waals surface area contributed by atoms with Gasteiger partial charge in [0.2, 0.25) is 0 Å². The van der Waals surface area contributed by atoms with Gasteiger partial charge in [-0.1, -0.05) is 50.1 Å². The van der Waals surface area contributed by atoms with Gasteiger partial charge in [0.05, 0.1) is 17.7 Å². The van der Waals surface area contributed by atoms with Crippen molar-refractivity contribution < 1.29 is 9.31 Å². The molecule has 1 unspecified atom stereocenters. The zero-order chi connectivity index (χ0) is 17.8. The molecule has 132 valence electrons. The Morgan fingerprint density at radius 2 is 1.67 bits per heavy atom. The summed E-state index contributed by atoms with van der Waals surface area (Å²) in [5.41, 5.74) is 1.89. The van der Waals surface area contributed by atoms with Gasteiger partial charge in [-0.25, -0.2) is 0 Å². The van der Waals surface area contributed by atoms with Gasteiger partial charge in [0.15, 0.2) is 0 Å². The molecule has 0 radical (unpaired) electrons. The quantitative estimate of drug-likeness (QED) is 0.502. The molecule has 0 saturated carbocycles. The summed E-state index contributed by atoms with van der Waals surface area (Å²) in [4.78, 5) is 4.77. The van der Waals surface area contributed by atoms with Gasteiger partial charge in [-0.2, -0.15) is 0 Å². The van der Waals surface area contributed by atoms with Crippen molar-refractivity contribution in [2.75, 3.05) is 0 Å². The Bertz CT molecular complexity index is 538. The third-order valence-electron chi connectivity index (χ3n) is 5.25. The molecule has 0 aromatic heterocycles. The number of hydrogen-bond donors (Lipinski definition) is 0. The number of aliphatic imine (C=N–C) groups is 1. The second kappa shape index (κ2) is 7.84. The molecule has 0 spiro atoms. The smallest absolute Gasteiger partial charge is 0.403 e. The average Bonchev–Trinajstić information content (AvgIpc) is 2.74. The van der Waals surface area contributed by atoms with E-state index >= 15 is 0 Å². The summed E-state index contributed by atoms with van der Waals surface area (Å²) in [6, 6.07) is 10.4. The first kappa shape index (κ1) is 19.2. The van der Waals surface area contributed by atoms with Crippen LogP contribution in [0.2, 0.25) is 5.82 Å². The van der Waals surface area contributed by atoms with Crippen molar-refractivity contribution in [2.45, 2.75) is 84.4 Å². The first-order valence-corrected chi connectivity index (χ1v) is 9.14. The van der Waals surface area contributed by atoms with E-state index in [2.05, 4.69) is 65.8 Å². The maximum Gasteiger partial charge on any atom is 0.461 e. The standard InChI is InChI=1S/C20H32BNO2/c1-7-11-18(21-23-19(3,4)20(5,6)24-21)14-16(2)22-15-17-12-9-8-10-13-17/h8-10,12-13,18H,7,11,14-15H2,1-6H3. The normalized spacial score (nSPS) is 21.1. The average molecular weight is 329 g/mol. The molecule has 24 heavy (non-hydrogen) atoms. The molecule has 0 N–H and O–H groups in total. The lowest BCUT2D eigenvalue weighted by Gasteiger charge is -2.32. The number of benzene rings is 1. The van der Waals surface area contributed by atoms with Gasteiger partial charge < -0.3 is 9.31 Å².